The Balaban J connectivity index is 4.31. The lowest BCUT2D eigenvalue weighted by Crippen LogP contribution is -2.25. The maximum absolute atomic E-state index is 12.4. The molecule has 0 spiro atoms. The van der Waals surface area contributed by atoms with Gasteiger partial charge < -0.3 is 20.1 Å². The van der Waals surface area contributed by atoms with Crippen molar-refractivity contribution in [2.75, 3.05) is 26.4 Å². The number of carbonyl (C=O) groups is 2. The first-order valence-electron chi connectivity index (χ1n) is 20.8. The number of allylic oxidation sites excluding steroid dienone is 9. The zero-order valence-corrected chi connectivity index (χ0v) is 34.4. The number of unbranched alkanes of at least 4 members (excludes halogenated alkanes) is 17. The molecule has 0 aromatic carbocycles. The van der Waals surface area contributed by atoms with Crippen molar-refractivity contribution in [2.24, 2.45) is 5.73 Å². The summed E-state index contributed by atoms with van der Waals surface area (Å²) < 4.78 is 32.9. The van der Waals surface area contributed by atoms with Crippen molar-refractivity contribution < 1.29 is 37.6 Å². The topological polar surface area (TPSA) is 134 Å². The molecule has 0 aliphatic heterocycles. The van der Waals surface area contributed by atoms with Crippen molar-refractivity contribution >= 4 is 19.6 Å². The fourth-order valence-corrected chi connectivity index (χ4v) is 6.11. The van der Waals surface area contributed by atoms with Crippen LogP contribution >= 0.6 is 7.82 Å². The molecule has 9 nitrogen and oxygen atoms in total. The maximum Gasteiger partial charge on any atom is 0.472 e. The Bertz CT molecular complexity index is 1050. The number of esters is 1. The van der Waals surface area contributed by atoms with Gasteiger partial charge in [-0.2, -0.15) is 0 Å². The van der Waals surface area contributed by atoms with E-state index in [0.717, 1.165) is 38.5 Å². The second-order valence-electron chi connectivity index (χ2n) is 13.6. The molecule has 0 bridgehead atoms. The highest BCUT2D eigenvalue weighted by molar-refractivity contribution is 7.47. The maximum atomic E-state index is 12.4. The molecule has 0 saturated heterocycles. The first-order valence-corrected chi connectivity index (χ1v) is 22.3. The minimum Gasteiger partial charge on any atom is -0.492 e. The van der Waals surface area contributed by atoms with Crippen LogP contribution in [-0.2, 0) is 32.7 Å². The molecule has 0 amide bonds. The highest BCUT2D eigenvalue weighted by atomic mass is 31.2. The third-order valence-electron chi connectivity index (χ3n) is 8.50. The summed E-state index contributed by atoms with van der Waals surface area (Å²) in [6.07, 6.45) is 44.8. The van der Waals surface area contributed by atoms with E-state index in [9.17, 15) is 19.0 Å². The van der Waals surface area contributed by atoms with E-state index in [1.165, 1.54) is 109 Å². The monoisotopic (exact) mass is 766 g/mol. The summed E-state index contributed by atoms with van der Waals surface area (Å²) in [6, 6.07) is 0. The molecule has 0 fully saturated rings. The SMILES string of the molecule is CCCCC/C=C\C/C=C\C/C=C\C=C\C(=O)CCCC(=O)OC[C@H](COP(=O)(O)OCCN)O/C=C/CCCCCCCCCCCCCCCC. The van der Waals surface area contributed by atoms with Crippen molar-refractivity contribution in [1.29, 1.82) is 0 Å². The first kappa shape index (κ1) is 50.7. The lowest BCUT2D eigenvalue weighted by Gasteiger charge is -2.19. The molecule has 0 aliphatic carbocycles. The van der Waals surface area contributed by atoms with Gasteiger partial charge in [0.05, 0.1) is 19.5 Å². The van der Waals surface area contributed by atoms with Gasteiger partial charge in [-0.25, -0.2) is 4.57 Å². The van der Waals surface area contributed by atoms with Gasteiger partial charge >= 0.3 is 13.8 Å². The van der Waals surface area contributed by atoms with Crippen LogP contribution in [0, 0.1) is 0 Å². The predicted octanol–water partition coefficient (Wildman–Crippen LogP) is 11.7. The summed E-state index contributed by atoms with van der Waals surface area (Å²) >= 11 is 0. The normalized spacial score (nSPS) is 14.0. The van der Waals surface area contributed by atoms with Crippen LogP contribution in [0.15, 0.2) is 60.9 Å². The van der Waals surface area contributed by atoms with Crippen LogP contribution in [0.5, 0.6) is 0 Å². The molecule has 1 unspecified atom stereocenters. The Morgan fingerprint density at radius 2 is 1.19 bits per heavy atom. The van der Waals surface area contributed by atoms with E-state index in [2.05, 4.69) is 38.2 Å². The molecule has 53 heavy (non-hydrogen) atoms. The van der Waals surface area contributed by atoms with Crippen LogP contribution in [0.25, 0.3) is 0 Å². The van der Waals surface area contributed by atoms with E-state index in [-0.39, 0.29) is 45.0 Å². The van der Waals surface area contributed by atoms with E-state index in [4.69, 9.17) is 24.3 Å². The van der Waals surface area contributed by atoms with Crippen molar-refractivity contribution in [2.45, 2.75) is 174 Å². The molecule has 0 heterocycles. The van der Waals surface area contributed by atoms with Crippen molar-refractivity contribution in [3.05, 3.63) is 60.9 Å². The van der Waals surface area contributed by atoms with Crippen LogP contribution in [0.3, 0.4) is 0 Å². The van der Waals surface area contributed by atoms with Gasteiger partial charge in [0.25, 0.3) is 0 Å². The standard InChI is InChI=1S/C43H76NO8P/c1-3-5-7-9-11-13-15-17-18-19-21-23-25-27-29-31-37-49-42(40-52-53(47,48)51-38-36-44)39-50-43(46)35-32-34-41(45)33-30-28-26-24-22-20-16-14-12-10-8-6-4-2/h12,14,20,22,26,28,30-31,33,37,42H,3-11,13,15-19,21,23-25,27,29,32,34-36,38-40,44H2,1-2H3,(H,47,48)/b14-12-,22-20-,28-26-,33-30+,37-31+/t42-/m1/s1. The van der Waals surface area contributed by atoms with Gasteiger partial charge in [0, 0.05) is 19.4 Å². The van der Waals surface area contributed by atoms with Crippen LogP contribution in [0.1, 0.15) is 168 Å². The third-order valence-corrected chi connectivity index (χ3v) is 9.49. The minimum absolute atomic E-state index is 0.0634. The molecular weight excluding hydrogens is 689 g/mol. The van der Waals surface area contributed by atoms with Gasteiger partial charge in [0.1, 0.15) is 6.61 Å². The number of rotatable bonds is 39. The summed E-state index contributed by atoms with van der Waals surface area (Å²) in [6.45, 7) is 3.90. The number of nitrogens with two attached hydrogens (primary N) is 1. The Morgan fingerprint density at radius 1 is 0.642 bits per heavy atom. The van der Waals surface area contributed by atoms with Gasteiger partial charge in [-0.3, -0.25) is 18.6 Å². The number of phosphoric acid groups is 1. The average molecular weight is 766 g/mol. The lowest BCUT2D eigenvalue weighted by atomic mass is 10.0. The molecular formula is C43H76NO8P. The number of hydrogen-bond donors (Lipinski definition) is 2. The summed E-state index contributed by atoms with van der Waals surface area (Å²) in [7, 11) is -4.32. The van der Waals surface area contributed by atoms with Crippen molar-refractivity contribution in [3.8, 4) is 0 Å². The predicted molar refractivity (Wildman–Crippen MR) is 219 cm³/mol. The Labute approximate surface area is 323 Å². The first-order chi connectivity index (χ1) is 25.8. The second kappa shape index (κ2) is 39.4. The number of ether oxygens (including phenoxy) is 2. The summed E-state index contributed by atoms with van der Waals surface area (Å²) in [5.74, 6) is -0.559. The third kappa shape index (κ3) is 39.2. The van der Waals surface area contributed by atoms with Gasteiger partial charge in [-0.15, -0.1) is 0 Å². The molecule has 306 valence electrons. The minimum atomic E-state index is -4.32. The van der Waals surface area contributed by atoms with Crippen LogP contribution in [-0.4, -0.2) is 49.1 Å². The summed E-state index contributed by atoms with van der Waals surface area (Å²) in [4.78, 5) is 34.4. The molecule has 10 heteroatoms. The van der Waals surface area contributed by atoms with Gasteiger partial charge in [-0.1, -0.05) is 153 Å². The second-order valence-corrected chi connectivity index (χ2v) is 15.1. The van der Waals surface area contributed by atoms with E-state index < -0.39 is 19.9 Å². The van der Waals surface area contributed by atoms with Crippen molar-refractivity contribution in [1.82, 2.24) is 0 Å². The number of phosphoric ester groups is 1. The summed E-state index contributed by atoms with van der Waals surface area (Å²) in [5, 5.41) is 0. The van der Waals surface area contributed by atoms with E-state index in [1.807, 2.05) is 18.2 Å². The smallest absolute Gasteiger partial charge is 0.472 e. The van der Waals surface area contributed by atoms with Crippen molar-refractivity contribution in [3.63, 3.8) is 0 Å². The average Bonchev–Trinajstić information content (AvgIpc) is 3.14. The van der Waals surface area contributed by atoms with Crippen LogP contribution in [0.4, 0.5) is 0 Å². The summed E-state index contributed by atoms with van der Waals surface area (Å²) in [5.41, 5.74) is 5.34. The molecule has 0 rings (SSSR count). The highest BCUT2D eigenvalue weighted by Gasteiger charge is 2.24. The molecule has 0 radical (unpaired) electrons. The molecule has 0 aliphatic rings. The van der Waals surface area contributed by atoms with Gasteiger partial charge in [0.2, 0.25) is 0 Å². The molecule has 0 aromatic rings. The van der Waals surface area contributed by atoms with Gasteiger partial charge in [0.15, 0.2) is 11.9 Å². The largest absolute Gasteiger partial charge is 0.492 e. The molecule has 2 atom stereocenters. The zero-order chi connectivity index (χ0) is 38.9. The number of carbonyl (C=O) groups excluding carboxylic acids is 2. The molecule has 0 aromatic heterocycles. The van der Waals surface area contributed by atoms with Gasteiger partial charge in [-0.05, 0) is 57.1 Å². The molecule has 0 saturated carbocycles. The number of ketones is 1. The van der Waals surface area contributed by atoms with E-state index in [0.29, 0.717) is 6.42 Å². The lowest BCUT2D eigenvalue weighted by molar-refractivity contribution is -0.147. The number of hydrogen-bond acceptors (Lipinski definition) is 8. The highest BCUT2D eigenvalue weighted by Crippen LogP contribution is 2.43. The Kier molecular flexibility index (Phi) is 37.7. The molecule has 3 N–H and O–H groups in total. The fraction of sp³-hybridized carbons (Fsp3) is 0.721. The fourth-order valence-electron chi connectivity index (χ4n) is 5.34. The Morgan fingerprint density at radius 3 is 1.83 bits per heavy atom. The van der Waals surface area contributed by atoms with E-state index in [1.54, 1.807) is 6.08 Å². The Hall–Kier alpha value is -2.29. The zero-order valence-electron chi connectivity index (χ0n) is 33.5. The quantitative estimate of drug-likeness (QED) is 0.0119. The van der Waals surface area contributed by atoms with Crippen LogP contribution in [0.2, 0.25) is 0 Å². The van der Waals surface area contributed by atoms with E-state index >= 15 is 0 Å². The van der Waals surface area contributed by atoms with Crippen LogP contribution < -0.4 is 5.73 Å².